The van der Waals surface area contributed by atoms with Gasteiger partial charge in [-0.2, -0.15) is 19.1 Å². The van der Waals surface area contributed by atoms with E-state index in [1.54, 1.807) is 45.0 Å². The van der Waals surface area contributed by atoms with Gasteiger partial charge < -0.3 is 44.5 Å². The fourth-order valence-electron chi connectivity index (χ4n) is 11.3. The second kappa shape index (κ2) is 31.0. The molecule has 2 amide bonds. The first-order valence-electron chi connectivity index (χ1n) is 28.6. The van der Waals surface area contributed by atoms with Crippen molar-refractivity contribution in [2.75, 3.05) is 53.6 Å². The fourth-order valence-corrected chi connectivity index (χ4v) is 14.4. The number of methoxy groups -OCH3 is 2. The molecule has 3 aliphatic rings. The van der Waals surface area contributed by atoms with Gasteiger partial charge in [-0.25, -0.2) is 26.4 Å². The predicted molar refractivity (Wildman–Crippen MR) is 313 cm³/mol. The second-order valence-corrected chi connectivity index (χ2v) is 27.0. The highest BCUT2D eigenvalue weighted by Gasteiger charge is 2.43. The van der Waals surface area contributed by atoms with Crippen LogP contribution in [0.3, 0.4) is 0 Å². The number of carbonyl (C=O) groups is 2. The summed E-state index contributed by atoms with van der Waals surface area (Å²) >= 11 is 0. The first-order chi connectivity index (χ1) is 39.6. The van der Waals surface area contributed by atoms with Crippen LogP contribution < -0.4 is 20.1 Å². The van der Waals surface area contributed by atoms with Crippen LogP contribution in [0.25, 0.3) is 0 Å². The van der Waals surface area contributed by atoms with Crippen molar-refractivity contribution >= 4 is 32.2 Å². The van der Waals surface area contributed by atoms with Gasteiger partial charge in [-0.15, -0.1) is 0 Å². The maximum Gasteiger partial charge on any atom is 0.407 e. The van der Waals surface area contributed by atoms with Crippen molar-refractivity contribution in [3.05, 3.63) is 120 Å². The Balaban J connectivity index is 0.000000267. The molecule has 3 fully saturated rings. The third-order valence-corrected chi connectivity index (χ3v) is 19.4. The highest BCUT2D eigenvalue weighted by atomic mass is 32.2. The van der Waals surface area contributed by atoms with Crippen LogP contribution >= 0.6 is 0 Å². The Labute approximate surface area is 491 Å². The van der Waals surface area contributed by atoms with Crippen LogP contribution in [0.1, 0.15) is 115 Å². The summed E-state index contributed by atoms with van der Waals surface area (Å²) < 4.78 is 85.6. The van der Waals surface area contributed by atoms with Crippen molar-refractivity contribution in [3.8, 4) is 23.6 Å². The fraction of sp³-hybridized carbons (Fsp3) is 0.548. The van der Waals surface area contributed by atoms with Crippen molar-refractivity contribution in [1.82, 2.24) is 19.2 Å². The van der Waals surface area contributed by atoms with E-state index < -0.39 is 62.1 Å². The van der Waals surface area contributed by atoms with Crippen LogP contribution in [0.5, 0.6) is 11.5 Å². The lowest BCUT2D eigenvalue weighted by molar-refractivity contribution is 0.0388. The average molecular weight is 1190 g/mol. The second-order valence-electron chi connectivity index (χ2n) is 23.1. The SMILES string of the molecule is COc1ccc(S(=O)(=O)N(CC(O)[C@H](Cc2ccccc2)NC(=O)OC(C)(C)C)CC2(CCC#N)CCCC2)cc1.COc1ccc(S(=O)(=O)N(CC(O)[C@H](Cc2ccccc2)NC(=O)OC2CCOC2)CC2(CCC#N)CCCC2)cc1. The van der Waals surface area contributed by atoms with Crippen LogP contribution in [-0.4, -0.2) is 137 Å². The standard InChI is InChI=1S/C31H41N3O7S.C31H43N3O6S/c1-39-25-10-12-27(13-11-25)42(37,38)34(23-31(17-7-18-32)15-5-6-16-31)21-29(35)28(20-24-8-3-2-4-9-24)33-30(36)41-26-14-19-40-22-26;1-30(2,3)40-29(36)33-27(21-24-11-6-5-7-12-24)28(35)22-34(23-31(19-10-20-32)17-8-9-18-31)41(37,38)26-15-13-25(39-4)14-16-26/h2-4,8-13,26,28-29,35H,5-7,14-17,19-23H2,1H3,(H,33,36);5-7,11-16,27-28,35H,8-10,17-19,21-23H2,1-4H3,(H,33,36)/t26?,28-,29?;27-,28?/m00/s1. The summed E-state index contributed by atoms with van der Waals surface area (Å²) in [6.45, 7) is 5.94. The molecule has 2 aliphatic carbocycles. The number of amides is 2. The molecule has 0 bridgehead atoms. The van der Waals surface area contributed by atoms with Gasteiger partial charge in [0.1, 0.15) is 23.2 Å². The third-order valence-electron chi connectivity index (χ3n) is 15.8. The van der Waals surface area contributed by atoms with Gasteiger partial charge in [0.2, 0.25) is 20.0 Å². The van der Waals surface area contributed by atoms with Gasteiger partial charge in [0.15, 0.2) is 0 Å². The number of hydrogen-bond donors (Lipinski definition) is 4. The number of sulfonamides is 2. The van der Waals surface area contributed by atoms with Gasteiger partial charge in [0, 0.05) is 45.4 Å². The molecule has 4 aromatic carbocycles. The molecule has 4 aromatic rings. The molecular formula is C62H84N6O13S2. The number of ether oxygens (including phenoxy) is 5. The largest absolute Gasteiger partial charge is 0.497 e. The molecule has 0 aromatic heterocycles. The summed E-state index contributed by atoms with van der Waals surface area (Å²) in [6, 6.07) is 33.9. The van der Waals surface area contributed by atoms with E-state index >= 15 is 0 Å². The van der Waals surface area contributed by atoms with Crippen LogP contribution in [-0.2, 0) is 47.1 Å². The summed E-state index contributed by atoms with van der Waals surface area (Å²) in [4.78, 5) is 25.8. The molecule has 2 saturated carbocycles. The van der Waals surface area contributed by atoms with Crippen molar-refractivity contribution in [2.24, 2.45) is 10.8 Å². The summed E-state index contributed by atoms with van der Waals surface area (Å²) in [5.41, 5.74) is 0.280. The van der Waals surface area contributed by atoms with Crippen LogP contribution in [0, 0.1) is 33.5 Å². The van der Waals surface area contributed by atoms with E-state index in [0.717, 1.165) is 62.5 Å². The Kier molecular flexibility index (Phi) is 24.6. The van der Waals surface area contributed by atoms with Gasteiger partial charge in [-0.1, -0.05) is 86.3 Å². The number of carbonyl (C=O) groups excluding carboxylic acids is 2. The quantitative estimate of drug-likeness (QED) is 0.0434. The first-order valence-corrected chi connectivity index (χ1v) is 31.5. The summed E-state index contributed by atoms with van der Waals surface area (Å²) in [5.74, 6) is 1.06. The molecule has 1 saturated heterocycles. The highest BCUT2D eigenvalue weighted by molar-refractivity contribution is 7.89. The zero-order valence-electron chi connectivity index (χ0n) is 48.6. The van der Waals surface area contributed by atoms with Crippen LogP contribution in [0.15, 0.2) is 119 Å². The van der Waals surface area contributed by atoms with Crippen LogP contribution in [0.4, 0.5) is 9.59 Å². The molecule has 3 unspecified atom stereocenters. The van der Waals surface area contributed by atoms with E-state index in [0.29, 0.717) is 56.8 Å². The Morgan fingerprint density at radius 2 is 1.05 bits per heavy atom. The number of benzene rings is 4. The molecule has 452 valence electrons. The molecule has 7 rings (SSSR count). The molecule has 0 spiro atoms. The number of nitrogens with zero attached hydrogens (tertiary/aromatic N) is 4. The minimum atomic E-state index is -4.05. The first kappa shape index (κ1) is 65.8. The summed E-state index contributed by atoms with van der Waals surface area (Å²) in [7, 11) is -5.08. The third kappa shape index (κ3) is 19.9. The molecule has 83 heavy (non-hydrogen) atoms. The van der Waals surface area contributed by atoms with E-state index in [9.17, 15) is 47.2 Å². The monoisotopic (exact) mass is 1180 g/mol. The Bertz CT molecular complexity index is 2950. The van der Waals surface area contributed by atoms with Gasteiger partial charge >= 0.3 is 12.2 Å². The van der Waals surface area contributed by atoms with Crippen LogP contribution in [0.2, 0.25) is 0 Å². The van der Waals surface area contributed by atoms with E-state index in [1.165, 1.54) is 47.1 Å². The molecule has 19 nitrogen and oxygen atoms in total. The predicted octanol–water partition coefficient (Wildman–Crippen LogP) is 9.08. The molecule has 5 atom stereocenters. The Hall–Kier alpha value is -6.30. The lowest BCUT2D eigenvalue weighted by Gasteiger charge is -2.37. The van der Waals surface area contributed by atoms with Crippen molar-refractivity contribution < 1.29 is 60.3 Å². The number of nitriles is 2. The van der Waals surface area contributed by atoms with Crippen molar-refractivity contribution in [1.29, 1.82) is 10.5 Å². The molecule has 1 heterocycles. The average Bonchev–Trinajstić information content (AvgIpc) is 4.48. The summed E-state index contributed by atoms with van der Waals surface area (Å²) in [6.07, 6.45) is 5.79. The minimum absolute atomic E-state index is 0.0807. The lowest BCUT2D eigenvalue weighted by Crippen LogP contribution is -2.52. The summed E-state index contributed by atoms with van der Waals surface area (Å²) in [5, 5.41) is 47.4. The number of aliphatic hydroxyl groups excluding tert-OH is 2. The molecule has 21 heteroatoms. The Morgan fingerprint density at radius 1 is 0.651 bits per heavy atom. The number of nitrogens with one attached hydrogen (secondary N) is 2. The number of rotatable bonds is 27. The van der Waals surface area contributed by atoms with Gasteiger partial charge in [-0.05, 0) is 143 Å². The smallest absolute Gasteiger partial charge is 0.407 e. The van der Waals surface area contributed by atoms with Gasteiger partial charge in [0.05, 0.1) is 73.7 Å². The molecular weight excluding hydrogens is 1100 g/mol. The topological polar surface area (TPSA) is 267 Å². The number of alkyl carbamates (subject to hydrolysis) is 2. The molecule has 4 N–H and O–H groups in total. The molecule has 1 aliphatic heterocycles. The number of aliphatic hydroxyl groups is 2. The van der Waals surface area contributed by atoms with Crippen molar-refractivity contribution in [3.63, 3.8) is 0 Å². The zero-order valence-corrected chi connectivity index (χ0v) is 50.3. The zero-order chi connectivity index (χ0) is 60.1. The maximum atomic E-state index is 14.1. The van der Waals surface area contributed by atoms with E-state index in [2.05, 4.69) is 22.8 Å². The van der Waals surface area contributed by atoms with Gasteiger partial charge in [0.25, 0.3) is 0 Å². The lowest BCUT2D eigenvalue weighted by atomic mass is 9.81. The van der Waals surface area contributed by atoms with E-state index in [-0.39, 0.29) is 65.7 Å². The maximum absolute atomic E-state index is 14.1. The number of hydrogen-bond acceptors (Lipinski definition) is 15. The highest BCUT2D eigenvalue weighted by Crippen LogP contribution is 2.45. The van der Waals surface area contributed by atoms with E-state index in [1.807, 2.05) is 60.7 Å². The Morgan fingerprint density at radius 3 is 1.40 bits per heavy atom. The normalized spacial score (nSPS) is 18.1. The molecule has 0 radical (unpaired) electrons. The van der Waals surface area contributed by atoms with Gasteiger partial charge in [-0.3, -0.25) is 0 Å². The minimum Gasteiger partial charge on any atom is -0.497 e. The van der Waals surface area contributed by atoms with Crippen molar-refractivity contribution in [2.45, 2.75) is 163 Å². The van der Waals surface area contributed by atoms with E-state index in [4.69, 9.17) is 23.7 Å².